The molecular formula is C20H26N2O2. The number of rotatable bonds is 7. The Hall–Kier alpha value is -1.88. The van der Waals surface area contributed by atoms with Gasteiger partial charge < -0.3 is 15.2 Å². The number of aliphatic hydroxyl groups is 1. The van der Waals surface area contributed by atoms with Crippen LogP contribution in [0.1, 0.15) is 17.5 Å². The second-order valence-corrected chi connectivity index (χ2v) is 6.28. The minimum absolute atomic E-state index is 0.238. The second-order valence-electron chi connectivity index (χ2n) is 6.28. The average Bonchev–Trinajstić information content (AvgIpc) is 2.62. The van der Waals surface area contributed by atoms with Gasteiger partial charge in [-0.2, -0.15) is 0 Å². The fourth-order valence-corrected chi connectivity index (χ4v) is 3.14. The summed E-state index contributed by atoms with van der Waals surface area (Å²) in [5.41, 5.74) is 2.40. The van der Waals surface area contributed by atoms with Gasteiger partial charge in [0.05, 0.1) is 0 Å². The van der Waals surface area contributed by atoms with Gasteiger partial charge in [-0.3, -0.25) is 4.90 Å². The highest BCUT2D eigenvalue weighted by Crippen LogP contribution is 2.22. The topological polar surface area (TPSA) is 44.7 Å². The third kappa shape index (κ3) is 4.81. The summed E-state index contributed by atoms with van der Waals surface area (Å²) in [5, 5.41) is 12.6. The summed E-state index contributed by atoms with van der Waals surface area (Å²) < 4.78 is 6.06. The molecular weight excluding hydrogens is 300 g/mol. The number of ether oxygens (including phenoxy) is 1. The summed E-state index contributed by atoms with van der Waals surface area (Å²) in [5.74, 6) is 0.957. The first-order valence-electron chi connectivity index (χ1n) is 8.66. The van der Waals surface area contributed by atoms with Crippen molar-refractivity contribution < 1.29 is 9.84 Å². The first-order chi connectivity index (χ1) is 11.8. The molecule has 0 saturated carbocycles. The molecule has 3 rings (SSSR count). The van der Waals surface area contributed by atoms with Gasteiger partial charge in [-0.1, -0.05) is 48.5 Å². The molecule has 128 valence electrons. The van der Waals surface area contributed by atoms with Gasteiger partial charge in [0.15, 0.2) is 0 Å². The molecule has 2 aromatic rings. The van der Waals surface area contributed by atoms with Crippen molar-refractivity contribution in [3.63, 3.8) is 0 Å². The third-order valence-electron chi connectivity index (χ3n) is 4.42. The first-order valence-corrected chi connectivity index (χ1v) is 8.66. The highest BCUT2D eigenvalue weighted by atomic mass is 16.5. The number of hydrogen-bond acceptors (Lipinski definition) is 4. The van der Waals surface area contributed by atoms with Crippen LogP contribution in [-0.4, -0.2) is 42.3 Å². The lowest BCUT2D eigenvalue weighted by atomic mass is 10.1. The number of piperazine rings is 1. The molecule has 0 aliphatic carbocycles. The van der Waals surface area contributed by atoms with E-state index in [2.05, 4.69) is 34.5 Å². The van der Waals surface area contributed by atoms with Crippen LogP contribution in [0.25, 0.3) is 0 Å². The quantitative estimate of drug-likeness (QED) is 0.820. The fraction of sp³-hybridized carbons (Fsp3) is 0.400. The Kier molecular flexibility index (Phi) is 6.24. The van der Waals surface area contributed by atoms with Crippen LogP contribution < -0.4 is 10.1 Å². The van der Waals surface area contributed by atoms with Gasteiger partial charge in [0.2, 0.25) is 0 Å². The Morgan fingerprint density at radius 2 is 1.88 bits per heavy atom. The zero-order valence-corrected chi connectivity index (χ0v) is 14.0. The van der Waals surface area contributed by atoms with Crippen molar-refractivity contribution in [3.8, 4) is 5.75 Å². The largest absolute Gasteiger partial charge is 0.489 e. The van der Waals surface area contributed by atoms with Crippen LogP contribution >= 0.6 is 0 Å². The van der Waals surface area contributed by atoms with Crippen LogP contribution in [0.15, 0.2) is 54.6 Å². The standard InChI is InChI=1S/C20H26N2O2/c23-13-10-19-15-22(12-11-21-19)14-18-8-4-5-9-20(18)24-16-17-6-2-1-3-7-17/h1-9,19,21,23H,10-16H2. The number of nitrogens with one attached hydrogen (secondary N) is 1. The minimum Gasteiger partial charge on any atom is -0.489 e. The second kappa shape index (κ2) is 8.83. The molecule has 4 nitrogen and oxygen atoms in total. The molecule has 2 N–H and O–H groups in total. The summed E-state index contributed by atoms with van der Waals surface area (Å²) in [6.45, 7) is 4.67. The number of benzene rings is 2. The normalized spacial score (nSPS) is 18.5. The Balaban J connectivity index is 1.61. The third-order valence-corrected chi connectivity index (χ3v) is 4.42. The van der Waals surface area contributed by atoms with E-state index in [4.69, 9.17) is 9.84 Å². The summed E-state index contributed by atoms with van der Waals surface area (Å²) in [4.78, 5) is 2.43. The van der Waals surface area contributed by atoms with Crippen molar-refractivity contribution in [2.45, 2.75) is 25.6 Å². The molecule has 0 spiro atoms. The molecule has 0 bridgehead atoms. The average molecular weight is 326 g/mol. The lowest BCUT2D eigenvalue weighted by molar-refractivity contribution is 0.165. The van der Waals surface area contributed by atoms with E-state index in [9.17, 15) is 0 Å². The Labute approximate surface area is 144 Å². The molecule has 1 aliphatic heterocycles. The van der Waals surface area contributed by atoms with Gasteiger partial charge in [0.1, 0.15) is 12.4 Å². The van der Waals surface area contributed by atoms with Gasteiger partial charge >= 0.3 is 0 Å². The molecule has 1 heterocycles. The van der Waals surface area contributed by atoms with E-state index < -0.39 is 0 Å². The summed E-state index contributed by atoms with van der Waals surface area (Å²) >= 11 is 0. The maximum absolute atomic E-state index is 9.14. The zero-order valence-electron chi connectivity index (χ0n) is 14.0. The Morgan fingerprint density at radius 3 is 2.71 bits per heavy atom. The number of para-hydroxylation sites is 1. The highest BCUT2D eigenvalue weighted by molar-refractivity contribution is 5.33. The molecule has 1 aliphatic rings. The molecule has 0 amide bonds. The minimum atomic E-state index is 0.238. The number of nitrogens with zero attached hydrogens (tertiary/aromatic N) is 1. The smallest absolute Gasteiger partial charge is 0.124 e. The van der Waals surface area contributed by atoms with Gasteiger partial charge in [0, 0.05) is 44.4 Å². The lowest BCUT2D eigenvalue weighted by Crippen LogP contribution is -2.50. The zero-order chi connectivity index (χ0) is 16.6. The Morgan fingerprint density at radius 1 is 1.08 bits per heavy atom. The van der Waals surface area contributed by atoms with Gasteiger partial charge in [0.25, 0.3) is 0 Å². The van der Waals surface area contributed by atoms with Gasteiger partial charge in [-0.25, -0.2) is 0 Å². The van der Waals surface area contributed by atoms with Crippen molar-refractivity contribution in [1.29, 1.82) is 0 Å². The molecule has 0 aromatic heterocycles. The predicted molar refractivity (Wildman–Crippen MR) is 96.0 cm³/mol. The summed E-state index contributed by atoms with van der Waals surface area (Å²) in [6, 6.07) is 18.9. The molecule has 24 heavy (non-hydrogen) atoms. The maximum Gasteiger partial charge on any atom is 0.124 e. The lowest BCUT2D eigenvalue weighted by Gasteiger charge is -2.33. The summed E-state index contributed by atoms with van der Waals surface area (Å²) in [6.07, 6.45) is 0.808. The van der Waals surface area contributed by atoms with Crippen molar-refractivity contribution in [3.05, 3.63) is 65.7 Å². The van der Waals surface area contributed by atoms with E-state index in [1.807, 2.05) is 30.3 Å². The molecule has 1 unspecified atom stereocenters. The van der Waals surface area contributed by atoms with E-state index in [0.29, 0.717) is 12.6 Å². The van der Waals surface area contributed by atoms with E-state index in [1.165, 1.54) is 11.1 Å². The molecule has 2 aromatic carbocycles. The van der Waals surface area contributed by atoms with Crippen molar-refractivity contribution in [2.75, 3.05) is 26.2 Å². The predicted octanol–water partition coefficient (Wildman–Crippen LogP) is 2.42. The van der Waals surface area contributed by atoms with Gasteiger partial charge in [-0.15, -0.1) is 0 Å². The number of aliphatic hydroxyl groups excluding tert-OH is 1. The van der Waals surface area contributed by atoms with E-state index in [-0.39, 0.29) is 6.61 Å². The molecule has 1 saturated heterocycles. The highest BCUT2D eigenvalue weighted by Gasteiger charge is 2.19. The molecule has 1 fully saturated rings. The maximum atomic E-state index is 9.14. The molecule has 1 atom stereocenters. The first kappa shape index (κ1) is 17.0. The van der Waals surface area contributed by atoms with Crippen LogP contribution in [0.5, 0.6) is 5.75 Å². The SMILES string of the molecule is OCCC1CN(Cc2ccccc2OCc2ccccc2)CCN1. The Bertz CT molecular complexity index is 616. The molecule has 0 radical (unpaired) electrons. The summed E-state index contributed by atoms with van der Waals surface area (Å²) in [7, 11) is 0. The number of hydrogen-bond donors (Lipinski definition) is 2. The van der Waals surface area contributed by atoms with Crippen LogP contribution in [0.2, 0.25) is 0 Å². The van der Waals surface area contributed by atoms with Crippen molar-refractivity contribution in [1.82, 2.24) is 10.2 Å². The van der Waals surface area contributed by atoms with Crippen molar-refractivity contribution >= 4 is 0 Å². The van der Waals surface area contributed by atoms with Crippen LogP contribution in [0.4, 0.5) is 0 Å². The van der Waals surface area contributed by atoms with E-state index >= 15 is 0 Å². The van der Waals surface area contributed by atoms with E-state index in [0.717, 1.165) is 38.3 Å². The van der Waals surface area contributed by atoms with Gasteiger partial charge in [-0.05, 0) is 18.1 Å². The van der Waals surface area contributed by atoms with Crippen LogP contribution in [-0.2, 0) is 13.2 Å². The molecule has 4 heteroatoms. The fourth-order valence-electron chi connectivity index (χ4n) is 3.14. The van der Waals surface area contributed by atoms with Crippen LogP contribution in [0, 0.1) is 0 Å². The van der Waals surface area contributed by atoms with Crippen molar-refractivity contribution in [2.24, 2.45) is 0 Å². The van der Waals surface area contributed by atoms with E-state index in [1.54, 1.807) is 0 Å². The van der Waals surface area contributed by atoms with Crippen LogP contribution in [0.3, 0.4) is 0 Å². The monoisotopic (exact) mass is 326 g/mol.